The molecule has 38 heavy (non-hydrogen) atoms. The van der Waals surface area contributed by atoms with Gasteiger partial charge in [0.15, 0.2) is 5.96 Å². The Morgan fingerprint density at radius 1 is 1.21 bits per heavy atom. The summed E-state index contributed by atoms with van der Waals surface area (Å²) in [5, 5.41) is 14.6. The van der Waals surface area contributed by atoms with Crippen LogP contribution in [0.25, 0.3) is 5.65 Å². The van der Waals surface area contributed by atoms with E-state index >= 15 is 0 Å². The highest BCUT2D eigenvalue weighted by molar-refractivity contribution is 7.09. The molecule has 1 aliphatic heterocycles. The van der Waals surface area contributed by atoms with Gasteiger partial charge < -0.3 is 36.9 Å². The lowest BCUT2D eigenvalue weighted by Gasteiger charge is -2.21. The molecule has 1 saturated heterocycles. The van der Waals surface area contributed by atoms with E-state index in [1.54, 1.807) is 39.2 Å². The van der Waals surface area contributed by atoms with E-state index in [4.69, 9.17) is 28.8 Å². The number of amides is 2. The van der Waals surface area contributed by atoms with Crippen LogP contribution in [0.2, 0.25) is 5.02 Å². The van der Waals surface area contributed by atoms with Crippen LogP contribution in [0.1, 0.15) is 57.7 Å². The minimum atomic E-state index is -1.15. The Bertz CT molecular complexity index is 1370. The molecule has 4 rings (SSSR count). The van der Waals surface area contributed by atoms with Crippen molar-refractivity contribution < 1.29 is 19.5 Å². The summed E-state index contributed by atoms with van der Waals surface area (Å²) in [4.78, 5) is 52.1. The van der Waals surface area contributed by atoms with Crippen LogP contribution in [-0.4, -0.2) is 73.3 Å². The number of carbonyl (C=O) groups is 3. The molecule has 4 heterocycles. The molecule has 13 nitrogen and oxygen atoms in total. The molecule has 3 atom stereocenters. The van der Waals surface area contributed by atoms with E-state index in [9.17, 15) is 19.5 Å². The van der Waals surface area contributed by atoms with Crippen molar-refractivity contribution in [3.63, 3.8) is 0 Å². The molecule has 3 aromatic heterocycles. The lowest BCUT2D eigenvalue weighted by atomic mass is 10.1. The number of halogens is 1. The maximum absolute atomic E-state index is 13.3. The maximum Gasteiger partial charge on any atom is 0.326 e. The topological polar surface area (TPSA) is 207 Å². The number of aliphatic imine (C=N–C) groups is 1. The fourth-order valence-corrected chi connectivity index (χ4v) is 5.34. The van der Waals surface area contributed by atoms with E-state index in [-0.39, 0.29) is 35.7 Å². The molecular weight excluding hydrogens is 534 g/mol. The van der Waals surface area contributed by atoms with Crippen LogP contribution in [0.5, 0.6) is 0 Å². The third kappa shape index (κ3) is 6.38. The van der Waals surface area contributed by atoms with Gasteiger partial charge in [-0.2, -0.15) is 0 Å². The van der Waals surface area contributed by atoms with Gasteiger partial charge in [-0.3, -0.25) is 14.6 Å². The number of aromatic nitrogens is 3. The van der Waals surface area contributed by atoms with Crippen molar-refractivity contribution in [3.05, 3.63) is 51.3 Å². The minimum Gasteiger partial charge on any atom is -0.480 e. The first-order valence-electron chi connectivity index (χ1n) is 11.9. The van der Waals surface area contributed by atoms with Crippen LogP contribution in [0.3, 0.4) is 0 Å². The van der Waals surface area contributed by atoms with Crippen molar-refractivity contribution in [2.45, 2.75) is 43.8 Å². The predicted octanol–water partition coefficient (Wildman–Crippen LogP) is 0.985. The van der Waals surface area contributed by atoms with Gasteiger partial charge in [0, 0.05) is 36.9 Å². The summed E-state index contributed by atoms with van der Waals surface area (Å²) in [6, 6.07) is 1.60. The maximum atomic E-state index is 13.3. The average Bonchev–Trinajstić information content (AvgIpc) is 3.59. The Balaban J connectivity index is 1.43. The van der Waals surface area contributed by atoms with Crippen LogP contribution in [0.4, 0.5) is 0 Å². The van der Waals surface area contributed by atoms with Gasteiger partial charge in [0.25, 0.3) is 11.8 Å². The summed E-state index contributed by atoms with van der Waals surface area (Å²) in [7, 11) is 0. The van der Waals surface area contributed by atoms with Gasteiger partial charge in [0.2, 0.25) is 0 Å². The summed E-state index contributed by atoms with van der Waals surface area (Å²) in [5.74, 6) is -2.10. The van der Waals surface area contributed by atoms with Crippen molar-refractivity contribution in [2.75, 3.05) is 13.1 Å². The number of pyridine rings is 1. The molecule has 0 aromatic carbocycles. The Hall–Kier alpha value is -3.75. The van der Waals surface area contributed by atoms with Gasteiger partial charge >= 0.3 is 5.97 Å². The zero-order valence-electron chi connectivity index (χ0n) is 20.3. The summed E-state index contributed by atoms with van der Waals surface area (Å²) in [6.07, 6.45) is 5.02. The second-order valence-electron chi connectivity index (χ2n) is 8.95. The zero-order chi connectivity index (χ0) is 27.4. The Morgan fingerprint density at radius 3 is 2.74 bits per heavy atom. The number of nitrogens with zero attached hydrogens (tertiary/aromatic N) is 5. The number of nitrogens with two attached hydrogens (primary N) is 3. The Kier molecular flexibility index (Phi) is 8.44. The molecule has 3 aromatic rings. The number of unbranched alkanes of at least 4 members (excludes halogenated alkanes) is 1. The molecule has 0 radical (unpaired) electrons. The first-order chi connectivity index (χ1) is 18.1. The summed E-state index contributed by atoms with van der Waals surface area (Å²) >= 11 is 7.25. The van der Waals surface area contributed by atoms with Gasteiger partial charge in [0.05, 0.1) is 11.1 Å². The van der Waals surface area contributed by atoms with Crippen molar-refractivity contribution in [2.24, 2.45) is 22.2 Å². The van der Waals surface area contributed by atoms with Crippen LogP contribution < -0.4 is 22.5 Å². The van der Waals surface area contributed by atoms with Crippen LogP contribution >= 0.6 is 22.9 Å². The first-order valence-corrected chi connectivity index (χ1v) is 13.1. The number of carboxylic acid groups (broad SMARTS) is 1. The van der Waals surface area contributed by atoms with Gasteiger partial charge in [-0.05, 0) is 37.8 Å². The minimum absolute atomic E-state index is 0.0285. The number of thiazole rings is 1. The molecule has 202 valence electrons. The Labute approximate surface area is 226 Å². The molecule has 1 fully saturated rings. The normalized spacial score (nSPS) is 17.9. The molecule has 2 amide bonds. The fourth-order valence-electron chi connectivity index (χ4n) is 4.24. The summed E-state index contributed by atoms with van der Waals surface area (Å²) in [5.41, 5.74) is 17.6. The molecule has 0 saturated carbocycles. The largest absolute Gasteiger partial charge is 0.480 e. The van der Waals surface area contributed by atoms with Gasteiger partial charge in [0.1, 0.15) is 28.1 Å². The molecule has 1 unspecified atom stereocenters. The monoisotopic (exact) mass is 561 g/mol. The average molecular weight is 562 g/mol. The van der Waals surface area contributed by atoms with Crippen LogP contribution in [-0.2, 0) is 4.79 Å². The number of imidazole rings is 1. The second kappa shape index (κ2) is 11.8. The smallest absolute Gasteiger partial charge is 0.326 e. The third-order valence-electron chi connectivity index (χ3n) is 6.07. The number of likely N-dealkylation sites (tertiary alicyclic amines) is 1. The van der Waals surface area contributed by atoms with Crippen molar-refractivity contribution in [3.8, 4) is 0 Å². The number of hydrogen-bond donors (Lipinski definition) is 5. The lowest BCUT2D eigenvalue weighted by molar-refractivity contribution is -0.139. The molecule has 0 aliphatic carbocycles. The molecule has 15 heteroatoms. The number of aliphatic carboxylic acids is 1. The molecule has 0 spiro atoms. The number of hydrogen-bond acceptors (Lipinski definition) is 8. The zero-order valence-corrected chi connectivity index (χ0v) is 21.9. The molecular formula is C23H28ClN9O4S. The van der Waals surface area contributed by atoms with Crippen molar-refractivity contribution in [1.29, 1.82) is 0 Å². The highest BCUT2D eigenvalue weighted by atomic mass is 35.5. The number of rotatable bonds is 10. The van der Waals surface area contributed by atoms with Gasteiger partial charge in [-0.1, -0.05) is 11.6 Å². The van der Waals surface area contributed by atoms with Crippen molar-refractivity contribution in [1.82, 2.24) is 24.6 Å². The number of fused-ring (bicyclic) bond motifs is 1. The van der Waals surface area contributed by atoms with Gasteiger partial charge in [-0.25, -0.2) is 14.8 Å². The van der Waals surface area contributed by atoms with Gasteiger partial charge in [-0.15, -0.1) is 11.3 Å². The molecule has 1 aliphatic rings. The fraction of sp³-hybridized carbons (Fsp3) is 0.391. The molecule has 0 bridgehead atoms. The summed E-state index contributed by atoms with van der Waals surface area (Å²) in [6.45, 7) is 0.680. The Morgan fingerprint density at radius 2 is 2.00 bits per heavy atom. The van der Waals surface area contributed by atoms with Crippen LogP contribution in [0, 0.1) is 0 Å². The SMILES string of the molecule is NC(N)=NCCCCC(NC(=O)c1csc([C@@H]2C[C@@H](N)CN2C(=O)c2cn3cc(Cl)ccc3n2)n1)C(=O)O. The van der Waals surface area contributed by atoms with E-state index in [1.807, 2.05) is 0 Å². The standard InChI is InChI=1S/C23H28ClN9O4S/c24-12-4-5-18-29-15(10-32(18)8-12)21(35)33-9-13(25)7-17(33)20-31-16(11-38-20)19(34)30-14(22(36)37)3-1-2-6-28-23(26)27/h4-5,8,10-11,13-14,17H,1-3,6-7,9,25H2,(H,30,34)(H,36,37)(H4,26,27,28)/t13-,14?,17+/m1/s1. The lowest BCUT2D eigenvalue weighted by Crippen LogP contribution is -2.41. The van der Waals surface area contributed by atoms with E-state index in [0.717, 1.165) is 0 Å². The second-order valence-corrected chi connectivity index (χ2v) is 10.3. The van der Waals surface area contributed by atoms with E-state index in [2.05, 4.69) is 20.3 Å². The number of nitrogens with one attached hydrogen (secondary N) is 1. The number of carbonyl (C=O) groups excluding carboxylic acids is 2. The highest BCUT2D eigenvalue weighted by Crippen LogP contribution is 2.34. The highest BCUT2D eigenvalue weighted by Gasteiger charge is 2.38. The number of guanidine groups is 1. The molecule has 8 N–H and O–H groups in total. The van der Waals surface area contributed by atoms with Crippen LogP contribution in [0.15, 0.2) is 34.9 Å². The quantitative estimate of drug-likeness (QED) is 0.135. The predicted molar refractivity (Wildman–Crippen MR) is 142 cm³/mol. The van der Waals surface area contributed by atoms with E-state index in [1.165, 1.54) is 11.3 Å². The first kappa shape index (κ1) is 27.3. The third-order valence-corrected chi connectivity index (χ3v) is 7.24. The van der Waals surface area contributed by atoms with E-state index < -0.39 is 24.0 Å². The summed E-state index contributed by atoms with van der Waals surface area (Å²) < 4.78 is 1.67. The number of carboxylic acids is 1. The van der Waals surface area contributed by atoms with E-state index in [0.29, 0.717) is 48.0 Å². The van der Waals surface area contributed by atoms with Crippen molar-refractivity contribution >= 4 is 52.3 Å².